The summed E-state index contributed by atoms with van der Waals surface area (Å²) in [6.45, 7) is 4.20. The fraction of sp³-hybridized carbons (Fsp3) is 0.562. The lowest BCUT2D eigenvalue weighted by Gasteiger charge is -2.23. The highest BCUT2D eigenvalue weighted by Gasteiger charge is 2.17. The third kappa shape index (κ3) is 5.77. The maximum absolute atomic E-state index is 12.2. The molecule has 2 rings (SSSR count). The topological polar surface area (TPSA) is 96.5 Å². The quantitative estimate of drug-likeness (QED) is 0.635. The Morgan fingerprint density at radius 2 is 2.08 bits per heavy atom. The van der Waals surface area contributed by atoms with Crippen LogP contribution in [0.3, 0.4) is 0 Å². The molecular formula is C16H25N3O4S. The minimum absolute atomic E-state index is 0.0710. The molecule has 24 heavy (non-hydrogen) atoms. The van der Waals surface area contributed by atoms with Crippen LogP contribution >= 0.6 is 0 Å². The highest BCUT2D eigenvalue weighted by Crippen LogP contribution is 2.15. The van der Waals surface area contributed by atoms with Crippen LogP contribution in [0.4, 0.5) is 0 Å². The molecule has 1 fully saturated rings. The van der Waals surface area contributed by atoms with Crippen molar-refractivity contribution in [3.8, 4) is 5.75 Å². The van der Waals surface area contributed by atoms with Crippen molar-refractivity contribution in [1.82, 2.24) is 15.4 Å². The van der Waals surface area contributed by atoms with Gasteiger partial charge < -0.3 is 15.4 Å². The molecule has 0 saturated carbocycles. The van der Waals surface area contributed by atoms with Gasteiger partial charge in [0.15, 0.2) is 0 Å². The van der Waals surface area contributed by atoms with E-state index in [0.717, 1.165) is 25.9 Å². The number of hydrogen-bond donors (Lipinski definition) is 3. The average Bonchev–Trinajstić information content (AvgIpc) is 2.56. The molecular weight excluding hydrogens is 330 g/mol. The van der Waals surface area contributed by atoms with Crippen molar-refractivity contribution in [3.63, 3.8) is 0 Å². The molecule has 1 atom stereocenters. The first kappa shape index (κ1) is 18.7. The third-order valence-corrected chi connectivity index (χ3v) is 5.23. The van der Waals surface area contributed by atoms with Crippen molar-refractivity contribution in [1.29, 1.82) is 0 Å². The van der Waals surface area contributed by atoms with E-state index in [1.807, 2.05) is 6.92 Å². The predicted molar refractivity (Wildman–Crippen MR) is 91.5 cm³/mol. The lowest BCUT2D eigenvalue weighted by molar-refractivity contribution is -0.121. The molecule has 8 heteroatoms. The Bertz CT molecular complexity index is 625. The number of benzene rings is 1. The summed E-state index contributed by atoms with van der Waals surface area (Å²) in [4.78, 5) is 12.0. The summed E-state index contributed by atoms with van der Waals surface area (Å²) in [5.74, 6) is 0.481. The van der Waals surface area contributed by atoms with Crippen molar-refractivity contribution in [2.75, 3.05) is 26.2 Å². The second-order valence-electron chi connectivity index (χ2n) is 5.66. The monoisotopic (exact) mass is 355 g/mol. The molecule has 1 aliphatic heterocycles. The van der Waals surface area contributed by atoms with Gasteiger partial charge in [-0.05, 0) is 50.6 Å². The smallest absolute Gasteiger partial charge is 0.240 e. The number of ether oxygens (including phenoxy) is 1. The molecule has 0 radical (unpaired) electrons. The van der Waals surface area contributed by atoms with E-state index < -0.39 is 10.0 Å². The summed E-state index contributed by atoms with van der Waals surface area (Å²) in [5.41, 5.74) is 0. The van der Waals surface area contributed by atoms with E-state index in [9.17, 15) is 13.2 Å². The second kappa shape index (κ2) is 9.00. The highest BCUT2D eigenvalue weighted by molar-refractivity contribution is 7.89. The number of hydrogen-bond acceptors (Lipinski definition) is 5. The lowest BCUT2D eigenvalue weighted by atomic mass is 10.1. The van der Waals surface area contributed by atoms with Gasteiger partial charge in [-0.2, -0.15) is 0 Å². The molecule has 1 aromatic rings. The van der Waals surface area contributed by atoms with E-state index in [1.165, 1.54) is 12.1 Å². The highest BCUT2D eigenvalue weighted by atomic mass is 32.2. The van der Waals surface area contributed by atoms with E-state index in [0.29, 0.717) is 12.4 Å². The van der Waals surface area contributed by atoms with Gasteiger partial charge in [0.2, 0.25) is 15.9 Å². The van der Waals surface area contributed by atoms with Gasteiger partial charge in [0.05, 0.1) is 11.5 Å². The molecule has 0 spiro atoms. The Morgan fingerprint density at radius 1 is 1.33 bits per heavy atom. The van der Waals surface area contributed by atoms with E-state index in [2.05, 4.69) is 15.4 Å². The number of amides is 1. The van der Waals surface area contributed by atoms with Crippen LogP contribution in [0.15, 0.2) is 29.2 Å². The van der Waals surface area contributed by atoms with Crippen molar-refractivity contribution >= 4 is 15.9 Å². The van der Waals surface area contributed by atoms with Crippen molar-refractivity contribution in [2.24, 2.45) is 0 Å². The standard InChI is InChI=1S/C16H25N3O4S/c1-2-23-14-5-7-15(8-6-14)24(21,22)18-11-9-16(20)19-13-4-3-10-17-12-13/h5-8,13,17-18H,2-4,9-12H2,1H3,(H,19,20)/t13-/m0/s1. The van der Waals surface area contributed by atoms with E-state index >= 15 is 0 Å². The fourth-order valence-corrected chi connectivity index (χ4v) is 3.57. The normalized spacial score (nSPS) is 18.1. The third-order valence-electron chi connectivity index (χ3n) is 3.75. The van der Waals surface area contributed by atoms with Crippen LogP contribution in [-0.2, 0) is 14.8 Å². The minimum Gasteiger partial charge on any atom is -0.494 e. The van der Waals surface area contributed by atoms with Crippen LogP contribution < -0.4 is 20.1 Å². The molecule has 0 bridgehead atoms. The summed E-state index contributed by atoms with van der Waals surface area (Å²) in [7, 11) is -3.62. The zero-order valence-corrected chi connectivity index (χ0v) is 14.7. The molecule has 1 saturated heterocycles. The lowest BCUT2D eigenvalue weighted by Crippen LogP contribution is -2.46. The molecule has 134 valence electrons. The zero-order chi connectivity index (χ0) is 17.4. The van der Waals surface area contributed by atoms with E-state index in [-0.39, 0.29) is 29.8 Å². The number of carbonyl (C=O) groups excluding carboxylic acids is 1. The van der Waals surface area contributed by atoms with Crippen molar-refractivity contribution < 1.29 is 17.9 Å². The Balaban J connectivity index is 1.78. The van der Waals surface area contributed by atoms with Gasteiger partial charge in [0, 0.05) is 25.6 Å². The summed E-state index contributed by atoms with van der Waals surface area (Å²) in [6, 6.07) is 6.33. The van der Waals surface area contributed by atoms with Gasteiger partial charge in [-0.25, -0.2) is 13.1 Å². The summed E-state index contributed by atoms with van der Waals surface area (Å²) in [6.07, 6.45) is 2.11. The summed E-state index contributed by atoms with van der Waals surface area (Å²) < 4.78 is 32.1. The summed E-state index contributed by atoms with van der Waals surface area (Å²) in [5, 5.41) is 6.13. The first-order valence-electron chi connectivity index (χ1n) is 8.24. The minimum atomic E-state index is -3.62. The Hall–Kier alpha value is -1.64. The molecule has 3 N–H and O–H groups in total. The molecule has 0 aliphatic carbocycles. The number of sulfonamides is 1. The first-order valence-corrected chi connectivity index (χ1v) is 9.72. The SMILES string of the molecule is CCOc1ccc(S(=O)(=O)NCCC(=O)N[C@H]2CCCNC2)cc1. The Kier molecular flexibility index (Phi) is 7.01. The molecule has 1 amide bonds. The van der Waals surface area contributed by atoms with Crippen LogP contribution in [0.2, 0.25) is 0 Å². The average molecular weight is 355 g/mol. The number of nitrogens with one attached hydrogen (secondary N) is 3. The van der Waals surface area contributed by atoms with Crippen LogP contribution in [0, 0.1) is 0 Å². The second-order valence-corrected chi connectivity index (χ2v) is 7.43. The maximum atomic E-state index is 12.2. The fourth-order valence-electron chi connectivity index (χ4n) is 2.54. The van der Waals surface area contributed by atoms with Gasteiger partial charge in [-0.3, -0.25) is 4.79 Å². The van der Waals surface area contributed by atoms with Crippen LogP contribution in [0.5, 0.6) is 5.75 Å². The maximum Gasteiger partial charge on any atom is 0.240 e. The Morgan fingerprint density at radius 3 is 2.71 bits per heavy atom. The molecule has 0 aromatic heterocycles. The number of piperidine rings is 1. The van der Waals surface area contributed by atoms with Crippen LogP contribution in [0.1, 0.15) is 26.2 Å². The van der Waals surface area contributed by atoms with Crippen molar-refractivity contribution in [2.45, 2.75) is 37.1 Å². The van der Waals surface area contributed by atoms with Gasteiger partial charge in [0.1, 0.15) is 5.75 Å². The van der Waals surface area contributed by atoms with Gasteiger partial charge in [-0.1, -0.05) is 0 Å². The zero-order valence-electron chi connectivity index (χ0n) is 13.9. The Labute approximate surface area is 143 Å². The molecule has 7 nitrogen and oxygen atoms in total. The largest absolute Gasteiger partial charge is 0.494 e. The first-order chi connectivity index (χ1) is 11.5. The van der Waals surface area contributed by atoms with Crippen LogP contribution in [0.25, 0.3) is 0 Å². The molecule has 1 aromatic carbocycles. The molecule has 0 unspecified atom stereocenters. The van der Waals surface area contributed by atoms with Gasteiger partial charge >= 0.3 is 0 Å². The number of rotatable bonds is 8. The number of carbonyl (C=O) groups is 1. The van der Waals surface area contributed by atoms with Crippen molar-refractivity contribution in [3.05, 3.63) is 24.3 Å². The van der Waals surface area contributed by atoms with E-state index in [4.69, 9.17) is 4.74 Å². The molecule has 1 aliphatic rings. The molecule has 1 heterocycles. The van der Waals surface area contributed by atoms with E-state index in [1.54, 1.807) is 12.1 Å². The van der Waals surface area contributed by atoms with Gasteiger partial charge in [0.25, 0.3) is 0 Å². The van der Waals surface area contributed by atoms with Crippen LogP contribution in [-0.4, -0.2) is 46.6 Å². The predicted octanol–water partition coefficient (Wildman–Crippen LogP) is 0.622. The summed E-state index contributed by atoms with van der Waals surface area (Å²) >= 11 is 0. The van der Waals surface area contributed by atoms with Gasteiger partial charge in [-0.15, -0.1) is 0 Å².